The number of para-hydroxylation sites is 2. The molecule has 0 spiro atoms. The van der Waals surface area contributed by atoms with Gasteiger partial charge in [0.15, 0.2) is 0 Å². The van der Waals surface area contributed by atoms with Crippen molar-refractivity contribution in [1.82, 2.24) is 0 Å². The molecule has 1 saturated heterocycles. The SMILES string of the molecule is c1ccc(CP2CN(c3ccccc3)CP(Cc3ccccc3)CN(c3ccccc3)C2)cc1. The van der Waals surface area contributed by atoms with Crippen molar-refractivity contribution in [3.05, 3.63) is 132 Å². The molecule has 5 rings (SSSR count). The van der Waals surface area contributed by atoms with Gasteiger partial charge < -0.3 is 9.80 Å². The highest BCUT2D eigenvalue weighted by molar-refractivity contribution is 7.59. The van der Waals surface area contributed by atoms with E-state index in [1.165, 1.54) is 34.8 Å². The fraction of sp³-hybridized carbons (Fsp3) is 0.200. The number of rotatable bonds is 6. The topological polar surface area (TPSA) is 6.48 Å². The Morgan fingerprint density at radius 2 is 0.706 bits per heavy atom. The molecule has 0 N–H and O–H groups in total. The maximum atomic E-state index is 2.70. The summed E-state index contributed by atoms with van der Waals surface area (Å²) in [4.78, 5) is 5.40. The van der Waals surface area contributed by atoms with E-state index in [0.29, 0.717) is 0 Å². The van der Waals surface area contributed by atoms with Crippen LogP contribution in [0.3, 0.4) is 0 Å². The summed E-state index contributed by atoms with van der Waals surface area (Å²) in [6.45, 7) is 0. The Balaban J connectivity index is 1.46. The zero-order valence-corrected chi connectivity index (χ0v) is 21.4. The normalized spacial score (nSPS) is 18.8. The van der Waals surface area contributed by atoms with E-state index in [1.54, 1.807) is 0 Å². The van der Waals surface area contributed by atoms with Crippen molar-refractivity contribution in [1.29, 1.82) is 0 Å². The van der Waals surface area contributed by atoms with Crippen LogP contribution >= 0.6 is 15.8 Å². The molecular weight excluding hydrogens is 450 g/mol. The molecule has 0 unspecified atom stereocenters. The first-order chi connectivity index (χ1) is 16.8. The summed E-state index contributed by atoms with van der Waals surface area (Å²) in [7, 11) is -0.467. The van der Waals surface area contributed by atoms with Gasteiger partial charge in [0.2, 0.25) is 0 Å². The van der Waals surface area contributed by atoms with E-state index in [2.05, 4.69) is 131 Å². The lowest BCUT2D eigenvalue weighted by atomic mass is 10.2. The zero-order chi connectivity index (χ0) is 23.0. The Hall–Kier alpha value is -2.66. The molecule has 4 aromatic rings. The lowest BCUT2D eigenvalue weighted by Crippen LogP contribution is -2.34. The third-order valence-corrected chi connectivity index (χ3v) is 10.8. The smallest absolute Gasteiger partial charge is 0.0400 e. The molecule has 0 aliphatic carbocycles. The third-order valence-electron chi connectivity index (χ3n) is 6.22. The molecule has 34 heavy (non-hydrogen) atoms. The molecule has 4 heteroatoms. The monoisotopic (exact) mass is 482 g/mol. The van der Waals surface area contributed by atoms with Crippen LogP contribution in [-0.4, -0.2) is 25.1 Å². The summed E-state index contributed by atoms with van der Waals surface area (Å²) in [6, 6.07) is 44.3. The van der Waals surface area contributed by atoms with Gasteiger partial charge >= 0.3 is 0 Å². The van der Waals surface area contributed by atoms with Gasteiger partial charge in [0.05, 0.1) is 0 Å². The van der Waals surface area contributed by atoms with Crippen molar-refractivity contribution in [2.75, 3.05) is 34.9 Å². The Kier molecular flexibility index (Phi) is 7.92. The van der Waals surface area contributed by atoms with E-state index in [-0.39, 0.29) is 15.8 Å². The van der Waals surface area contributed by atoms with Gasteiger partial charge in [-0.05, 0) is 47.7 Å². The summed E-state index contributed by atoms with van der Waals surface area (Å²) in [5.74, 6) is 0. The predicted molar refractivity (Wildman–Crippen MR) is 151 cm³/mol. The average molecular weight is 483 g/mol. The predicted octanol–water partition coefficient (Wildman–Crippen LogP) is 8.21. The van der Waals surface area contributed by atoms with Gasteiger partial charge in [0, 0.05) is 36.5 Å². The van der Waals surface area contributed by atoms with E-state index in [4.69, 9.17) is 0 Å². The Morgan fingerprint density at radius 1 is 0.412 bits per heavy atom. The van der Waals surface area contributed by atoms with Gasteiger partial charge in [0.25, 0.3) is 0 Å². The Labute approximate surface area is 206 Å². The van der Waals surface area contributed by atoms with Crippen molar-refractivity contribution in [3.63, 3.8) is 0 Å². The van der Waals surface area contributed by atoms with Crippen molar-refractivity contribution in [2.45, 2.75) is 12.3 Å². The first-order valence-electron chi connectivity index (χ1n) is 12.0. The number of benzene rings is 4. The second-order valence-corrected chi connectivity index (χ2v) is 13.4. The molecule has 0 saturated carbocycles. The molecule has 0 atom stereocenters. The standard InChI is InChI=1S/C30H32N2P2/c1-5-13-27(14-6-1)21-33-23-31(29-17-9-3-10-18-29)25-34(22-28-15-7-2-8-16-28)26-32(24-33)30-19-11-4-12-20-30/h1-20H,21-26H2. The number of nitrogens with zero attached hydrogens (tertiary/aromatic N) is 2. The van der Waals surface area contributed by atoms with E-state index < -0.39 is 0 Å². The highest BCUT2D eigenvalue weighted by atomic mass is 31.1. The molecule has 1 fully saturated rings. The first-order valence-corrected chi connectivity index (χ1v) is 15.8. The lowest BCUT2D eigenvalue weighted by Gasteiger charge is -2.41. The van der Waals surface area contributed by atoms with Crippen LogP contribution in [0.4, 0.5) is 11.4 Å². The Morgan fingerprint density at radius 3 is 1.03 bits per heavy atom. The molecule has 0 aromatic heterocycles. The van der Waals surface area contributed by atoms with Gasteiger partial charge in [-0.1, -0.05) is 113 Å². The second kappa shape index (κ2) is 11.7. The van der Waals surface area contributed by atoms with Gasteiger partial charge in [-0.2, -0.15) is 0 Å². The average Bonchev–Trinajstić information content (AvgIpc) is 2.89. The van der Waals surface area contributed by atoms with Crippen LogP contribution in [0.15, 0.2) is 121 Å². The maximum absolute atomic E-state index is 2.70. The van der Waals surface area contributed by atoms with Crippen LogP contribution in [0, 0.1) is 0 Å². The zero-order valence-electron chi connectivity index (χ0n) is 19.6. The van der Waals surface area contributed by atoms with Crippen LogP contribution in [0.5, 0.6) is 0 Å². The highest BCUT2D eigenvalue weighted by Gasteiger charge is 2.26. The molecule has 0 bridgehead atoms. The Bertz CT molecular complexity index is 1020. The van der Waals surface area contributed by atoms with Crippen LogP contribution in [0.1, 0.15) is 11.1 Å². The minimum Gasteiger partial charge on any atom is -0.363 e. The fourth-order valence-electron chi connectivity index (χ4n) is 4.63. The molecular formula is C30H32N2P2. The summed E-state index contributed by atoms with van der Waals surface area (Å²) in [6.07, 6.45) is 6.91. The highest BCUT2D eigenvalue weighted by Crippen LogP contribution is 2.51. The van der Waals surface area contributed by atoms with E-state index >= 15 is 0 Å². The fourth-order valence-corrected chi connectivity index (χ4v) is 9.97. The van der Waals surface area contributed by atoms with Crippen LogP contribution in [0.25, 0.3) is 0 Å². The van der Waals surface area contributed by atoms with Crippen LogP contribution in [0.2, 0.25) is 0 Å². The maximum Gasteiger partial charge on any atom is 0.0400 e. The van der Waals surface area contributed by atoms with Crippen molar-refractivity contribution in [3.8, 4) is 0 Å². The van der Waals surface area contributed by atoms with Gasteiger partial charge in [-0.3, -0.25) is 0 Å². The van der Waals surface area contributed by atoms with Crippen molar-refractivity contribution in [2.24, 2.45) is 0 Å². The lowest BCUT2D eigenvalue weighted by molar-refractivity contribution is 0.966. The molecule has 0 radical (unpaired) electrons. The minimum absolute atomic E-state index is 0.234. The molecule has 4 aromatic carbocycles. The van der Waals surface area contributed by atoms with Gasteiger partial charge in [0.1, 0.15) is 0 Å². The summed E-state index contributed by atoms with van der Waals surface area (Å²) >= 11 is 0. The van der Waals surface area contributed by atoms with E-state index in [1.807, 2.05) is 0 Å². The molecule has 1 heterocycles. The third kappa shape index (κ3) is 6.26. The first kappa shape index (κ1) is 23.1. The molecule has 2 nitrogen and oxygen atoms in total. The van der Waals surface area contributed by atoms with E-state index in [9.17, 15) is 0 Å². The van der Waals surface area contributed by atoms with E-state index in [0.717, 1.165) is 25.1 Å². The number of hydrogen-bond donors (Lipinski definition) is 0. The summed E-state index contributed by atoms with van der Waals surface area (Å²) in [5, 5.41) is 0. The van der Waals surface area contributed by atoms with Gasteiger partial charge in [-0.15, -0.1) is 0 Å². The second-order valence-electron chi connectivity index (χ2n) is 8.95. The number of anilines is 2. The quantitative estimate of drug-likeness (QED) is 0.256. The summed E-state index contributed by atoms with van der Waals surface area (Å²) in [5.41, 5.74) is 5.66. The minimum atomic E-state index is -0.234. The number of hydrogen-bond acceptors (Lipinski definition) is 2. The molecule has 0 amide bonds. The van der Waals surface area contributed by atoms with Crippen LogP contribution in [-0.2, 0) is 12.3 Å². The van der Waals surface area contributed by atoms with Crippen molar-refractivity contribution < 1.29 is 0 Å². The largest absolute Gasteiger partial charge is 0.363 e. The molecule has 172 valence electrons. The molecule has 1 aliphatic rings. The van der Waals surface area contributed by atoms with Crippen molar-refractivity contribution >= 4 is 27.2 Å². The van der Waals surface area contributed by atoms with Crippen LogP contribution < -0.4 is 9.80 Å². The van der Waals surface area contributed by atoms with Gasteiger partial charge in [-0.25, -0.2) is 0 Å². The molecule has 1 aliphatic heterocycles. The summed E-state index contributed by atoms with van der Waals surface area (Å²) < 4.78 is 0.